The molecule has 0 aromatic heterocycles. The quantitative estimate of drug-likeness (QED) is 0.839. The van der Waals surface area contributed by atoms with Gasteiger partial charge >= 0.3 is 0 Å². The number of amides is 2. The number of carbonyl (C=O) groups is 2. The zero-order valence-corrected chi connectivity index (χ0v) is 17.1. The molecule has 5 nitrogen and oxygen atoms in total. The highest BCUT2D eigenvalue weighted by Crippen LogP contribution is 2.27. The van der Waals surface area contributed by atoms with Crippen molar-refractivity contribution >= 4 is 23.4 Å². The van der Waals surface area contributed by atoms with Gasteiger partial charge in [0, 0.05) is 42.8 Å². The smallest absolute Gasteiger partial charge is 0.251 e. The van der Waals surface area contributed by atoms with Gasteiger partial charge in [0.1, 0.15) is 0 Å². The molecule has 1 aliphatic heterocycles. The predicted molar refractivity (Wildman–Crippen MR) is 112 cm³/mol. The first-order valence-electron chi connectivity index (χ1n) is 9.57. The Morgan fingerprint density at radius 1 is 1.04 bits per heavy atom. The summed E-state index contributed by atoms with van der Waals surface area (Å²) in [6.45, 7) is 6.99. The van der Waals surface area contributed by atoms with Crippen LogP contribution in [0, 0.1) is 6.92 Å². The molecule has 148 valence electrons. The van der Waals surface area contributed by atoms with Gasteiger partial charge in [-0.05, 0) is 37.6 Å². The van der Waals surface area contributed by atoms with Crippen LogP contribution in [0.1, 0.15) is 34.5 Å². The minimum atomic E-state index is -0.223. The van der Waals surface area contributed by atoms with Gasteiger partial charge in [0.25, 0.3) is 5.91 Å². The zero-order chi connectivity index (χ0) is 20.1. The Labute approximate surface area is 171 Å². The van der Waals surface area contributed by atoms with E-state index in [1.807, 2.05) is 48.2 Å². The summed E-state index contributed by atoms with van der Waals surface area (Å²) in [7, 11) is 0. The summed E-state index contributed by atoms with van der Waals surface area (Å²) in [5.41, 5.74) is 2.77. The molecule has 2 amide bonds. The fraction of sp³-hybridized carbons (Fsp3) is 0.364. The van der Waals surface area contributed by atoms with E-state index in [9.17, 15) is 9.59 Å². The standard InChI is InChI=1S/C22H26ClN3O2/c1-16-7-9-18(10-8-16)22(28)24-15-21(27)26-13-11-25(12-14-26)17(2)19-5-3-4-6-20(19)23/h3-10,17H,11-15H2,1-2H3,(H,24,28). The lowest BCUT2D eigenvalue weighted by Crippen LogP contribution is -2.51. The number of hydrogen-bond donors (Lipinski definition) is 1. The average Bonchev–Trinajstić information content (AvgIpc) is 2.72. The Kier molecular flexibility index (Phi) is 6.70. The lowest BCUT2D eigenvalue weighted by atomic mass is 10.1. The molecule has 2 aromatic carbocycles. The van der Waals surface area contributed by atoms with Crippen molar-refractivity contribution in [3.63, 3.8) is 0 Å². The lowest BCUT2D eigenvalue weighted by molar-refractivity contribution is -0.132. The molecule has 0 radical (unpaired) electrons. The summed E-state index contributed by atoms with van der Waals surface area (Å²) in [4.78, 5) is 28.8. The van der Waals surface area contributed by atoms with E-state index in [1.54, 1.807) is 12.1 Å². The Morgan fingerprint density at radius 2 is 1.68 bits per heavy atom. The number of nitrogens with one attached hydrogen (secondary N) is 1. The molecule has 0 spiro atoms. The van der Waals surface area contributed by atoms with Crippen molar-refractivity contribution < 1.29 is 9.59 Å². The molecular formula is C22H26ClN3O2. The fourth-order valence-corrected chi connectivity index (χ4v) is 3.74. The van der Waals surface area contributed by atoms with E-state index >= 15 is 0 Å². The van der Waals surface area contributed by atoms with Crippen LogP contribution in [0.5, 0.6) is 0 Å². The van der Waals surface area contributed by atoms with Crippen LogP contribution in [0.25, 0.3) is 0 Å². The molecule has 0 saturated carbocycles. The third kappa shape index (κ3) is 4.91. The van der Waals surface area contributed by atoms with Gasteiger partial charge < -0.3 is 10.2 Å². The molecule has 0 bridgehead atoms. The van der Waals surface area contributed by atoms with E-state index in [2.05, 4.69) is 17.1 Å². The predicted octanol–water partition coefficient (Wildman–Crippen LogP) is 3.28. The molecular weight excluding hydrogens is 374 g/mol. The molecule has 1 N–H and O–H groups in total. The third-order valence-corrected chi connectivity index (χ3v) is 5.63. The van der Waals surface area contributed by atoms with Gasteiger partial charge in [-0.1, -0.05) is 47.5 Å². The molecule has 1 unspecified atom stereocenters. The van der Waals surface area contributed by atoms with Gasteiger partial charge in [-0.15, -0.1) is 0 Å². The van der Waals surface area contributed by atoms with Crippen LogP contribution in [0.2, 0.25) is 5.02 Å². The molecule has 3 rings (SSSR count). The highest BCUT2D eigenvalue weighted by Gasteiger charge is 2.25. The van der Waals surface area contributed by atoms with Gasteiger partial charge in [0.2, 0.25) is 5.91 Å². The van der Waals surface area contributed by atoms with Crippen molar-refractivity contribution in [3.8, 4) is 0 Å². The average molecular weight is 400 g/mol. The summed E-state index contributed by atoms with van der Waals surface area (Å²) in [5.74, 6) is -0.273. The van der Waals surface area contributed by atoms with Crippen molar-refractivity contribution in [2.24, 2.45) is 0 Å². The van der Waals surface area contributed by atoms with Crippen LogP contribution in [-0.2, 0) is 4.79 Å². The van der Waals surface area contributed by atoms with Gasteiger partial charge in [0.15, 0.2) is 0 Å². The Bertz CT molecular complexity index is 830. The summed E-state index contributed by atoms with van der Waals surface area (Å²) < 4.78 is 0. The molecule has 1 atom stereocenters. The van der Waals surface area contributed by atoms with Crippen molar-refractivity contribution in [1.29, 1.82) is 0 Å². The number of rotatable bonds is 5. The van der Waals surface area contributed by atoms with Crippen LogP contribution < -0.4 is 5.32 Å². The first kappa shape index (κ1) is 20.4. The normalized spacial score (nSPS) is 15.9. The summed E-state index contributed by atoms with van der Waals surface area (Å²) in [6.07, 6.45) is 0. The maximum absolute atomic E-state index is 12.5. The summed E-state index contributed by atoms with van der Waals surface area (Å²) in [6, 6.07) is 15.4. The van der Waals surface area contributed by atoms with E-state index in [4.69, 9.17) is 11.6 Å². The van der Waals surface area contributed by atoms with Crippen LogP contribution >= 0.6 is 11.6 Å². The van der Waals surface area contributed by atoms with Crippen molar-refractivity contribution in [2.45, 2.75) is 19.9 Å². The zero-order valence-electron chi connectivity index (χ0n) is 16.3. The SMILES string of the molecule is Cc1ccc(C(=O)NCC(=O)N2CCN(C(C)c3ccccc3Cl)CC2)cc1. The Balaban J connectivity index is 1.48. The molecule has 2 aromatic rings. The van der Waals surface area contributed by atoms with Crippen LogP contribution in [-0.4, -0.2) is 54.3 Å². The Morgan fingerprint density at radius 3 is 2.32 bits per heavy atom. The van der Waals surface area contributed by atoms with Crippen molar-refractivity contribution in [1.82, 2.24) is 15.1 Å². The van der Waals surface area contributed by atoms with Gasteiger partial charge in [-0.25, -0.2) is 0 Å². The number of benzene rings is 2. The van der Waals surface area contributed by atoms with E-state index in [1.165, 1.54) is 0 Å². The van der Waals surface area contributed by atoms with E-state index in [0.717, 1.165) is 29.2 Å². The van der Waals surface area contributed by atoms with E-state index < -0.39 is 0 Å². The van der Waals surface area contributed by atoms with Gasteiger partial charge in [0.05, 0.1) is 6.54 Å². The van der Waals surface area contributed by atoms with Crippen molar-refractivity contribution in [2.75, 3.05) is 32.7 Å². The largest absolute Gasteiger partial charge is 0.343 e. The summed E-state index contributed by atoms with van der Waals surface area (Å²) >= 11 is 6.32. The molecule has 0 aliphatic carbocycles. The number of aryl methyl sites for hydroxylation is 1. The molecule has 1 aliphatic rings. The number of nitrogens with zero attached hydrogens (tertiary/aromatic N) is 2. The Hall–Kier alpha value is -2.37. The van der Waals surface area contributed by atoms with E-state index in [0.29, 0.717) is 18.7 Å². The molecule has 1 saturated heterocycles. The minimum Gasteiger partial charge on any atom is -0.343 e. The highest BCUT2D eigenvalue weighted by atomic mass is 35.5. The number of carbonyl (C=O) groups excluding carboxylic acids is 2. The van der Waals surface area contributed by atoms with Gasteiger partial charge in [-0.3, -0.25) is 14.5 Å². The number of hydrogen-bond acceptors (Lipinski definition) is 3. The highest BCUT2D eigenvalue weighted by molar-refractivity contribution is 6.31. The molecule has 1 fully saturated rings. The summed E-state index contributed by atoms with van der Waals surface area (Å²) in [5, 5.41) is 3.49. The lowest BCUT2D eigenvalue weighted by Gasteiger charge is -2.38. The number of piperazine rings is 1. The monoisotopic (exact) mass is 399 g/mol. The maximum atomic E-state index is 12.5. The second-order valence-electron chi connectivity index (χ2n) is 7.16. The molecule has 6 heteroatoms. The minimum absolute atomic E-state index is 0.0206. The van der Waals surface area contributed by atoms with E-state index in [-0.39, 0.29) is 24.4 Å². The maximum Gasteiger partial charge on any atom is 0.251 e. The molecule has 28 heavy (non-hydrogen) atoms. The first-order chi connectivity index (χ1) is 13.5. The van der Waals surface area contributed by atoms with Crippen molar-refractivity contribution in [3.05, 3.63) is 70.2 Å². The second-order valence-corrected chi connectivity index (χ2v) is 7.57. The third-order valence-electron chi connectivity index (χ3n) is 5.28. The first-order valence-corrected chi connectivity index (χ1v) is 9.94. The molecule has 1 heterocycles. The topological polar surface area (TPSA) is 52.7 Å². The van der Waals surface area contributed by atoms with Crippen LogP contribution in [0.15, 0.2) is 48.5 Å². The fourth-order valence-electron chi connectivity index (χ4n) is 3.44. The second kappa shape index (κ2) is 9.22. The van der Waals surface area contributed by atoms with Gasteiger partial charge in [-0.2, -0.15) is 0 Å². The number of halogens is 1. The van der Waals surface area contributed by atoms with Crippen LogP contribution in [0.3, 0.4) is 0 Å². The van der Waals surface area contributed by atoms with Crippen LogP contribution in [0.4, 0.5) is 0 Å².